The molecule has 0 aromatic heterocycles. The first kappa shape index (κ1) is 36.1. The van der Waals surface area contributed by atoms with Gasteiger partial charge in [0, 0.05) is 19.3 Å². The second kappa shape index (κ2) is 25.4. The lowest BCUT2D eigenvalue weighted by molar-refractivity contribution is -0.880. The van der Waals surface area contributed by atoms with Crippen LogP contribution in [0.1, 0.15) is 148 Å². The molecule has 7 heteroatoms. The van der Waals surface area contributed by atoms with Gasteiger partial charge in [-0.05, 0) is 18.9 Å². The number of unbranched alkanes of at least 4 members (excludes halogenated alkanes) is 15. The number of aliphatic carboxylic acids is 3. The van der Waals surface area contributed by atoms with Crippen LogP contribution in [0.5, 0.6) is 0 Å². The van der Waals surface area contributed by atoms with Gasteiger partial charge in [-0.15, -0.1) is 0 Å². The fourth-order valence-corrected chi connectivity index (χ4v) is 5.13. The highest BCUT2D eigenvalue weighted by Gasteiger charge is 2.25. The average Bonchev–Trinajstić information content (AvgIpc) is 2.85. The van der Waals surface area contributed by atoms with Crippen molar-refractivity contribution in [3.05, 3.63) is 12.3 Å². The molecule has 0 saturated carbocycles. The van der Waals surface area contributed by atoms with Crippen LogP contribution in [0, 0.1) is 0 Å². The minimum atomic E-state index is -0.846. The van der Waals surface area contributed by atoms with E-state index in [9.17, 15) is 14.4 Å². The number of quaternary nitrogens is 1. The van der Waals surface area contributed by atoms with E-state index < -0.39 is 17.9 Å². The molecule has 0 aromatic carbocycles. The van der Waals surface area contributed by atoms with Crippen molar-refractivity contribution in [2.75, 3.05) is 19.6 Å². The average molecular weight is 541 g/mol. The van der Waals surface area contributed by atoms with E-state index in [1.807, 2.05) is 0 Å². The number of nitrogens with zero attached hydrogens (tertiary/aromatic N) is 1. The molecule has 0 heterocycles. The Balaban J connectivity index is 4.30. The van der Waals surface area contributed by atoms with Gasteiger partial charge in [-0.25, -0.2) is 0 Å². The van der Waals surface area contributed by atoms with Crippen molar-refractivity contribution in [2.45, 2.75) is 148 Å². The third kappa shape index (κ3) is 24.4. The molecule has 222 valence electrons. The van der Waals surface area contributed by atoms with Crippen molar-refractivity contribution in [3.63, 3.8) is 0 Å². The highest BCUT2D eigenvalue weighted by atomic mass is 16.4. The smallest absolute Gasteiger partial charge is 0.303 e. The zero-order valence-corrected chi connectivity index (χ0v) is 24.3. The lowest BCUT2D eigenvalue weighted by Gasteiger charge is -2.35. The Morgan fingerprint density at radius 3 is 1.13 bits per heavy atom. The summed E-state index contributed by atoms with van der Waals surface area (Å²) in [7, 11) is 0. The van der Waals surface area contributed by atoms with Gasteiger partial charge in [0.25, 0.3) is 0 Å². The fourth-order valence-electron chi connectivity index (χ4n) is 5.13. The van der Waals surface area contributed by atoms with Crippen LogP contribution in [0.3, 0.4) is 0 Å². The van der Waals surface area contributed by atoms with Gasteiger partial charge < -0.3 is 15.3 Å². The van der Waals surface area contributed by atoms with Crippen molar-refractivity contribution in [1.29, 1.82) is 0 Å². The molecule has 0 fully saturated rings. The van der Waals surface area contributed by atoms with Gasteiger partial charge in [-0.1, -0.05) is 96.8 Å². The summed E-state index contributed by atoms with van der Waals surface area (Å²) in [4.78, 5) is 33.1. The van der Waals surface area contributed by atoms with Gasteiger partial charge in [-0.3, -0.25) is 18.9 Å². The van der Waals surface area contributed by atoms with E-state index in [0.29, 0.717) is 43.4 Å². The molecule has 0 atom stereocenters. The molecule has 0 spiro atoms. The molecule has 0 unspecified atom stereocenters. The largest absolute Gasteiger partial charge is 0.481 e. The monoisotopic (exact) mass is 540 g/mol. The first-order valence-electron chi connectivity index (χ1n) is 15.5. The van der Waals surface area contributed by atoms with Crippen LogP contribution in [0.2, 0.25) is 0 Å². The van der Waals surface area contributed by atoms with Gasteiger partial charge >= 0.3 is 17.9 Å². The molecule has 3 N–H and O–H groups in total. The summed E-state index contributed by atoms with van der Waals surface area (Å²) in [6.07, 6.45) is 26.8. The maximum absolute atomic E-state index is 11.0. The van der Waals surface area contributed by atoms with E-state index in [1.54, 1.807) is 0 Å². The van der Waals surface area contributed by atoms with Crippen LogP contribution in [0.25, 0.3) is 0 Å². The van der Waals surface area contributed by atoms with Crippen molar-refractivity contribution in [1.82, 2.24) is 0 Å². The Hall–Kier alpha value is -1.89. The van der Waals surface area contributed by atoms with Crippen LogP contribution in [0.4, 0.5) is 0 Å². The minimum Gasteiger partial charge on any atom is -0.481 e. The highest BCUT2D eigenvalue weighted by molar-refractivity contribution is 5.67. The third-order valence-corrected chi connectivity index (χ3v) is 7.38. The van der Waals surface area contributed by atoms with Crippen LogP contribution in [0.15, 0.2) is 12.3 Å². The van der Waals surface area contributed by atoms with E-state index in [-0.39, 0.29) is 19.3 Å². The van der Waals surface area contributed by atoms with E-state index in [4.69, 9.17) is 15.3 Å². The van der Waals surface area contributed by atoms with Crippen LogP contribution < -0.4 is 0 Å². The number of carbonyl (C=O) groups is 3. The van der Waals surface area contributed by atoms with Crippen molar-refractivity contribution >= 4 is 17.9 Å². The maximum atomic E-state index is 11.0. The highest BCUT2D eigenvalue weighted by Crippen LogP contribution is 2.18. The number of hydrogen-bond donors (Lipinski definition) is 3. The molecule has 0 radical (unpaired) electrons. The molecule has 0 aliphatic carbocycles. The van der Waals surface area contributed by atoms with Crippen molar-refractivity contribution in [2.24, 2.45) is 0 Å². The van der Waals surface area contributed by atoms with Gasteiger partial charge in [-0.2, -0.15) is 0 Å². The molecule has 0 aromatic rings. The van der Waals surface area contributed by atoms with Crippen molar-refractivity contribution < 1.29 is 34.2 Å². The zero-order chi connectivity index (χ0) is 28.3. The van der Waals surface area contributed by atoms with Crippen LogP contribution in [-0.4, -0.2) is 57.3 Å². The number of rotatable bonds is 29. The Kier molecular flexibility index (Phi) is 24.1. The Bertz CT molecular complexity index is 584. The van der Waals surface area contributed by atoms with Gasteiger partial charge in [0.2, 0.25) is 0 Å². The van der Waals surface area contributed by atoms with E-state index in [1.165, 1.54) is 89.9 Å². The third-order valence-electron chi connectivity index (χ3n) is 7.38. The summed E-state index contributed by atoms with van der Waals surface area (Å²) in [6, 6.07) is 0. The predicted molar refractivity (Wildman–Crippen MR) is 154 cm³/mol. The predicted octanol–water partition coefficient (Wildman–Crippen LogP) is 8.17. The normalized spacial score (nSPS) is 11.8. The summed E-state index contributed by atoms with van der Waals surface area (Å²) in [5, 5.41) is 27.2. The van der Waals surface area contributed by atoms with E-state index >= 15 is 0 Å². The quantitative estimate of drug-likeness (QED) is 0.0651. The van der Waals surface area contributed by atoms with E-state index in [0.717, 1.165) is 12.8 Å². The molecule has 0 aliphatic heterocycles. The summed E-state index contributed by atoms with van der Waals surface area (Å²) < 4.78 is 0.465. The van der Waals surface area contributed by atoms with E-state index in [2.05, 4.69) is 19.2 Å². The maximum Gasteiger partial charge on any atom is 0.303 e. The van der Waals surface area contributed by atoms with Gasteiger partial charge in [0.05, 0.1) is 45.1 Å². The standard InChI is InChI=1S/C31H57NO6/c1-2-3-4-5-6-7-8-9-10-11-12-13-14-15-16-17-18-25-32(26-19-22-29(33)34,27-20-23-30(35)36)28-21-24-31(37)38/h18,25H,2-17,19-24,26-28H2,1H3,(H2-,33,34,35,36,37,38)/p+1/b25-18+. The Labute approximate surface area is 232 Å². The summed E-state index contributed by atoms with van der Waals surface area (Å²) in [5.41, 5.74) is 0. The summed E-state index contributed by atoms with van der Waals surface area (Å²) in [5.74, 6) is -2.54. The van der Waals surface area contributed by atoms with Crippen LogP contribution in [-0.2, 0) is 14.4 Å². The number of carboxylic acid groups (broad SMARTS) is 3. The Morgan fingerprint density at radius 2 is 0.816 bits per heavy atom. The molecule has 0 rings (SSSR count). The number of carboxylic acids is 3. The van der Waals surface area contributed by atoms with Gasteiger partial charge in [0.15, 0.2) is 0 Å². The second-order valence-corrected chi connectivity index (χ2v) is 11.0. The first-order valence-corrected chi connectivity index (χ1v) is 15.5. The summed E-state index contributed by atoms with van der Waals surface area (Å²) >= 11 is 0. The molecule has 7 nitrogen and oxygen atoms in total. The van der Waals surface area contributed by atoms with Crippen molar-refractivity contribution in [3.8, 4) is 0 Å². The number of allylic oxidation sites excluding steroid dienone is 1. The minimum absolute atomic E-state index is 0.0603. The second-order valence-electron chi connectivity index (χ2n) is 11.0. The number of hydrogen-bond acceptors (Lipinski definition) is 3. The topological polar surface area (TPSA) is 112 Å². The molecular weight excluding hydrogens is 482 g/mol. The molecular formula is C31H58NO6+. The SMILES string of the molecule is CCCCCCCCCCCCCCCCC/C=C/[N+](CCCC(=O)O)(CCCC(=O)O)CCCC(=O)O. The molecule has 0 bridgehead atoms. The molecule has 0 aliphatic rings. The molecule has 0 amide bonds. The Morgan fingerprint density at radius 1 is 0.500 bits per heavy atom. The lowest BCUT2D eigenvalue weighted by Crippen LogP contribution is -2.45. The molecule has 0 saturated heterocycles. The molecule has 38 heavy (non-hydrogen) atoms. The van der Waals surface area contributed by atoms with Crippen LogP contribution >= 0.6 is 0 Å². The van der Waals surface area contributed by atoms with Gasteiger partial charge in [0.1, 0.15) is 0 Å². The fraction of sp³-hybridized carbons (Fsp3) is 0.839. The zero-order valence-electron chi connectivity index (χ0n) is 24.3. The first-order chi connectivity index (χ1) is 18.3. The lowest BCUT2D eigenvalue weighted by atomic mass is 10.0. The summed E-state index contributed by atoms with van der Waals surface area (Å²) in [6.45, 7) is 4.02.